The number of aryl methyl sites for hydroxylation is 3. The monoisotopic (exact) mass is 305 g/mol. The molecule has 2 aromatic rings. The highest BCUT2D eigenvalue weighted by Gasteiger charge is 2.23. The molecule has 0 heterocycles. The summed E-state index contributed by atoms with van der Waals surface area (Å²) in [6.07, 6.45) is 6.75. The first kappa shape index (κ1) is 15.5. The standard InChI is InChI=1S/C21H23NO/c1-15-13-16(2)21-18(14-15)9-6-10-19(21)22-20(23)12-11-17-7-4-3-5-8-17/h3-5,7-8,11-14,19H,6,9-10H2,1-2H3,(H,22,23)/b12-11+. The first-order valence-electron chi connectivity index (χ1n) is 8.27. The van der Waals surface area contributed by atoms with Crippen molar-refractivity contribution >= 4 is 12.0 Å². The molecule has 0 spiro atoms. The second-order valence-electron chi connectivity index (χ2n) is 6.35. The molecule has 1 aliphatic rings. The normalized spacial score (nSPS) is 17.0. The molecular formula is C21H23NO. The van der Waals surface area contributed by atoms with Gasteiger partial charge < -0.3 is 5.32 Å². The molecule has 23 heavy (non-hydrogen) atoms. The van der Waals surface area contributed by atoms with Crippen LogP contribution < -0.4 is 5.32 Å². The molecule has 0 saturated carbocycles. The van der Waals surface area contributed by atoms with Gasteiger partial charge in [-0.2, -0.15) is 0 Å². The maximum atomic E-state index is 12.3. The zero-order chi connectivity index (χ0) is 16.2. The van der Waals surface area contributed by atoms with Crippen molar-refractivity contribution in [2.75, 3.05) is 0 Å². The fraction of sp³-hybridized carbons (Fsp3) is 0.286. The molecular weight excluding hydrogens is 282 g/mol. The molecule has 1 aliphatic carbocycles. The van der Waals surface area contributed by atoms with Crippen LogP contribution in [-0.2, 0) is 11.2 Å². The van der Waals surface area contributed by atoms with Gasteiger partial charge in [0.2, 0.25) is 5.91 Å². The lowest BCUT2D eigenvalue weighted by molar-refractivity contribution is -0.117. The maximum Gasteiger partial charge on any atom is 0.244 e. The summed E-state index contributed by atoms with van der Waals surface area (Å²) in [5, 5.41) is 3.18. The van der Waals surface area contributed by atoms with Crippen LogP contribution in [0.25, 0.3) is 6.08 Å². The lowest BCUT2D eigenvalue weighted by Gasteiger charge is -2.28. The number of rotatable bonds is 3. The highest BCUT2D eigenvalue weighted by atomic mass is 16.1. The Hall–Kier alpha value is -2.35. The van der Waals surface area contributed by atoms with Gasteiger partial charge in [0.05, 0.1) is 6.04 Å². The summed E-state index contributed by atoms with van der Waals surface area (Å²) < 4.78 is 0. The zero-order valence-corrected chi connectivity index (χ0v) is 13.8. The molecule has 1 amide bonds. The molecule has 0 saturated heterocycles. The summed E-state index contributed by atoms with van der Waals surface area (Å²) in [5.41, 5.74) is 6.35. The van der Waals surface area contributed by atoms with E-state index in [2.05, 4.69) is 31.3 Å². The summed E-state index contributed by atoms with van der Waals surface area (Å²) in [7, 11) is 0. The molecule has 2 nitrogen and oxygen atoms in total. The number of carbonyl (C=O) groups is 1. The van der Waals surface area contributed by atoms with Crippen LogP contribution in [0.3, 0.4) is 0 Å². The van der Waals surface area contributed by atoms with E-state index in [-0.39, 0.29) is 11.9 Å². The molecule has 1 atom stereocenters. The van der Waals surface area contributed by atoms with E-state index in [9.17, 15) is 4.79 Å². The molecule has 0 bridgehead atoms. The van der Waals surface area contributed by atoms with Crippen molar-refractivity contribution in [1.82, 2.24) is 5.32 Å². The summed E-state index contributed by atoms with van der Waals surface area (Å²) in [6.45, 7) is 4.29. The van der Waals surface area contributed by atoms with Crippen molar-refractivity contribution in [1.29, 1.82) is 0 Å². The van der Waals surface area contributed by atoms with E-state index in [1.165, 1.54) is 22.3 Å². The Labute approximate surface area is 138 Å². The number of carbonyl (C=O) groups excluding carboxylic acids is 1. The Morgan fingerprint density at radius 2 is 1.96 bits per heavy atom. The largest absolute Gasteiger partial charge is 0.346 e. The molecule has 1 unspecified atom stereocenters. The van der Waals surface area contributed by atoms with Crippen LogP contribution in [-0.4, -0.2) is 5.91 Å². The third-order valence-corrected chi connectivity index (χ3v) is 4.45. The van der Waals surface area contributed by atoms with Crippen molar-refractivity contribution < 1.29 is 4.79 Å². The van der Waals surface area contributed by atoms with Gasteiger partial charge in [-0.05, 0) is 61.4 Å². The van der Waals surface area contributed by atoms with E-state index < -0.39 is 0 Å². The Balaban J connectivity index is 1.75. The second-order valence-corrected chi connectivity index (χ2v) is 6.35. The fourth-order valence-electron chi connectivity index (χ4n) is 3.51. The van der Waals surface area contributed by atoms with Gasteiger partial charge in [0.15, 0.2) is 0 Å². The van der Waals surface area contributed by atoms with Gasteiger partial charge in [-0.25, -0.2) is 0 Å². The molecule has 3 rings (SSSR count). The van der Waals surface area contributed by atoms with Gasteiger partial charge in [-0.3, -0.25) is 4.79 Å². The van der Waals surface area contributed by atoms with Crippen LogP contribution in [0.2, 0.25) is 0 Å². The topological polar surface area (TPSA) is 29.1 Å². The number of benzene rings is 2. The third-order valence-electron chi connectivity index (χ3n) is 4.45. The van der Waals surface area contributed by atoms with E-state index in [4.69, 9.17) is 0 Å². The lowest BCUT2D eigenvalue weighted by atomic mass is 9.84. The highest BCUT2D eigenvalue weighted by molar-refractivity contribution is 5.92. The molecule has 0 radical (unpaired) electrons. The molecule has 0 fully saturated rings. The first-order valence-corrected chi connectivity index (χ1v) is 8.27. The second kappa shape index (κ2) is 6.82. The fourth-order valence-corrected chi connectivity index (χ4v) is 3.51. The van der Waals surface area contributed by atoms with E-state index in [1.54, 1.807) is 6.08 Å². The van der Waals surface area contributed by atoms with Crippen molar-refractivity contribution in [2.45, 2.75) is 39.2 Å². The van der Waals surface area contributed by atoms with Crippen molar-refractivity contribution in [3.05, 3.63) is 76.4 Å². The Morgan fingerprint density at radius 1 is 1.17 bits per heavy atom. The minimum atomic E-state index is -0.0216. The summed E-state index contributed by atoms with van der Waals surface area (Å²) in [5.74, 6) is -0.0216. The van der Waals surface area contributed by atoms with Crippen molar-refractivity contribution in [3.63, 3.8) is 0 Å². The minimum Gasteiger partial charge on any atom is -0.346 e. The lowest BCUT2D eigenvalue weighted by Crippen LogP contribution is -2.30. The third kappa shape index (κ3) is 3.70. The van der Waals surface area contributed by atoms with E-state index in [1.807, 2.05) is 36.4 Å². The molecule has 0 aliphatic heterocycles. The van der Waals surface area contributed by atoms with Gasteiger partial charge >= 0.3 is 0 Å². The zero-order valence-electron chi connectivity index (χ0n) is 13.8. The smallest absolute Gasteiger partial charge is 0.244 e. The van der Waals surface area contributed by atoms with Gasteiger partial charge in [-0.1, -0.05) is 48.0 Å². The van der Waals surface area contributed by atoms with Gasteiger partial charge in [0.25, 0.3) is 0 Å². The van der Waals surface area contributed by atoms with Gasteiger partial charge in [0.1, 0.15) is 0 Å². The summed E-state index contributed by atoms with van der Waals surface area (Å²) in [4.78, 5) is 12.3. The molecule has 0 aromatic heterocycles. The SMILES string of the molecule is Cc1cc(C)c2c(c1)CCCC2NC(=O)/C=C/c1ccccc1. The number of nitrogens with one attached hydrogen (secondary N) is 1. The predicted octanol–water partition coefficient (Wildman–Crippen LogP) is 4.51. The summed E-state index contributed by atoms with van der Waals surface area (Å²) >= 11 is 0. The van der Waals surface area contributed by atoms with Crippen LogP contribution in [0.5, 0.6) is 0 Å². The van der Waals surface area contributed by atoms with E-state index >= 15 is 0 Å². The molecule has 118 valence electrons. The number of hydrogen-bond acceptors (Lipinski definition) is 1. The van der Waals surface area contributed by atoms with Crippen LogP contribution in [0.15, 0.2) is 48.5 Å². The van der Waals surface area contributed by atoms with Crippen LogP contribution in [0, 0.1) is 13.8 Å². The van der Waals surface area contributed by atoms with Crippen molar-refractivity contribution in [2.24, 2.45) is 0 Å². The van der Waals surface area contributed by atoms with Crippen LogP contribution >= 0.6 is 0 Å². The van der Waals surface area contributed by atoms with Crippen LogP contribution in [0.1, 0.15) is 46.7 Å². The van der Waals surface area contributed by atoms with Crippen molar-refractivity contribution in [3.8, 4) is 0 Å². The number of fused-ring (bicyclic) bond motifs is 1. The average Bonchev–Trinajstić information content (AvgIpc) is 2.53. The predicted molar refractivity (Wildman–Crippen MR) is 95.2 cm³/mol. The van der Waals surface area contributed by atoms with Crippen LogP contribution in [0.4, 0.5) is 0 Å². The molecule has 2 aromatic carbocycles. The number of amides is 1. The Bertz CT molecular complexity index is 731. The average molecular weight is 305 g/mol. The first-order chi connectivity index (χ1) is 11.1. The molecule has 1 N–H and O–H groups in total. The van der Waals surface area contributed by atoms with Gasteiger partial charge in [0, 0.05) is 6.08 Å². The minimum absolute atomic E-state index is 0.0216. The summed E-state index contributed by atoms with van der Waals surface area (Å²) in [6, 6.07) is 14.5. The van der Waals surface area contributed by atoms with E-state index in [0.717, 1.165) is 24.8 Å². The maximum absolute atomic E-state index is 12.3. The Kier molecular flexibility index (Phi) is 4.61. The van der Waals surface area contributed by atoms with E-state index in [0.29, 0.717) is 0 Å². The van der Waals surface area contributed by atoms with Gasteiger partial charge in [-0.15, -0.1) is 0 Å². The highest BCUT2D eigenvalue weighted by Crippen LogP contribution is 2.33. The quantitative estimate of drug-likeness (QED) is 0.831. The molecule has 2 heteroatoms. The Morgan fingerprint density at radius 3 is 2.74 bits per heavy atom. The number of hydrogen-bond donors (Lipinski definition) is 1.